The summed E-state index contributed by atoms with van der Waals surface area (Å²) in [6.45, 7) is 1.76. The van der Waals surface area contributed by atoms with E-state index < -0.39 is 11.6 Å². The van der Waals surface area contributed by atoms with E-state index in [1.165, 1.54) is 17.8 Å². The van der Waals surface area contributed by atoms with Gasteiger partial charge in [-0.05, 0) is 41.1 Å². The molecule has 2 aromatic rings. The highest BCUT2D eigenvalue weighted by Crippen LogP contribution is 2.28. The predicted octanol–water partition coefficient (Wildman–Crippen LogP) is 3.98. The SMILES string of the molecule is Cc1nc(Br)cc(Sc2ccc(F)c(F)c2)n1. The second-order valence-corrected chi connectivity index (χ2v) is 5.16. The average molecular weight is 317 g/mol. The molecule has 0 N–H and O–H groups in total. The molecule has 0 saturated carbocycles. The van der Waals surface area contributed by atoms with E-state index in [-0.39, 0.29) is 0 Å². The zero-order valence-electron chi connectivity index (χ0n) is 8.75. The minimum absolute atomic E-state index is 0.592. The summed E-state index contributed by atoms with van der Waals surface area (Å²) < 4.78 is 26.4. The molecule has 0 amide bonds. The normalized spacial score (nSPS) is 10.6. The lowest BCUT2D eigenvalue weighted by Gasteiger charge is -2.03. The fraction of sp³-hybridized carbons (Fsp3) is 0.0909. The van der Waals surface area contributed by atoms with E-state index in [1.807, 2.05) is 0 Å². The number of hydrogen-bond acceptors (Lipinski definition) is 3. The van der Waals surface area contributed by atoms with Gasteiger partial charge in [0.25, 0.3) is 0 Å². The summed E-state index contributed by atoms with van der Waals surface area (Å²) in [6, 6.07) is 5.47. The zero-order chi connectivity index (χ0) is 12.4. The van der Waals surface area contributed by atoms with Gasteiger partial charge in [0, 0.05) is 11.0 Å². The first kappa shape index (κ1) is 12.4. The van der Waals surface area contributed by atoms with Crippen molar-refractivity contribution in [2.24, 2.45) is 0 Å². The summed E-state index contributed by atoms with van der Waals surface area (Å²) in [4.78, 5) is 8.84. The van der Waals surface area contributed by atoms with Gasteiger partial charge in [-0.25, -0.2) is 18.7 Å². The fourth-order valence-corrected chi connectivity index (χ4v) is 2.73. The van der Waals surface area contributed by atoms with Crippen LogP contribution >= 0.6 is 27.7 Å². The minimum atomic E-state index is -0.861. The van der Waals surface area contributed by atoms with Gasteiger partial charge in [0.05, 0.1) is 0 Å². The van der Waals surface area contributed by atoms with Crippen LogP contribution in [0.4, 0.5) is 8.78 Å². The van der Waals surface area contributed by atoms with Crippen molar-refractivity contribution in [2.45, 2.75) is 16.8 Å². The maximum atomic E-state index is 13.0. The highest BCUT2D eigenvalue weighted by atomic mass is 79.9. The van der Waals surface area contributed by atoms with Crippen molar-refractivity contribution >= 4 is 27.7 Å². The molecular weight excluding hydrogens is 310 g/mol. The van der Waals surface area contributed by atoms with Gasteiger partial charge >= 0.3 is 0 Å². The van der Waals surface area contributed by atoms with Crippen LogP contribution in [0.5, 0.6) is 0 Å². The molecule has 1 aromatic carbocycles. The third-order valence-electron chi connectivity index (χ3n) is 1.90. The third-order valence-corrected chi connectivity index (χ3v) is 3.21. The van der Waals surface area contributed by atoms with E-state index in [9.17, 15) is 8.78 Å². The summed E-state index contributed by atoms with van der Waals surface area (Å²) in [7, 11) is 0. The van der Waals surface area contributed by atoms with Crippen molar-refractivity contribution in [1.82, 2.24) is 9.97 Å². The Labute approximate surface area is 110 Å². The molecule has 17 heavy (non-hydrogen) atoms. The molecule has 0 bridgehead atoms. The molecule has 1 heterocycles. The van der Waals surface area contributed by atoms with Gasteiger partial charge in [-0.3, -0.25) is 0 Å². The minimum Gasteiger partial charge on any atom is -0.226 e. The molecule has 2 rings (SSSR count). The summed E-state index contributed by atoms with van der Waals surface area (Å²) in [6.07, 6.45) is 0. The van der Waals surface area contributed by atoms with Gasteiger partial charge in [-0.1, -0.05) is 11.8 Å². The van der Waals surface area contributed by atoms with Crippen LogP contribution in [0.1, 0.15) is 5.82 Å². The van der Waals surface area contributed by atoms with Crippen LogP contribution in [-0.4, -0.2) is 9.97 Å². The van der Waals surface area contributed by atoms with Crippen molar-refractivity contribution in [3.63, 3.8) is 0 Å². The maximum Gasteiger partial charge on any atom is 0.159 e. The summed E-state index contributed by atoms with van der Waals surface area (Å²) in [5, 5.41) is 0.676. The van der Waals surface area contributed by atoms with Crippen molar-refractivity contribution in [1.29, 1.82) is 0 Å². The molecule has 6 heteroatoms. The van der Waals surface area contributed by atoms with E-state index in [0.29, 0.717) is 20.3 Å². The number of rotatable bonds is 2. The second kappa shape index (κ2) is 5.10. The third kappa shape index (κ3) is 3.23. The molecule has 1 aromatic heterocycles. The smallest absolute Gasteiger partial charge is 0.159 e. The van der Waals surface area contributed by atoms with Crippen LogP contribution in [0.15, 0.2) is 38.8 Å². The quantitative estimate of drug-likeness (QED) is 0.784. The molecule has 0 atom stereocenters. The molecule has 2 nitrogen and oxygen atoms in total. The molecule has 0 fully saturated rings. The Bertz CT molecular complexity index is 543. The van der Waals surface area contributed by atoms with Crippen LogP contribution in [0.2, 0.25) is 0 Å². The summed E-state index contributed by atoms with van der Waals surface area (Å²) in [5.41, 5.74) is 0. The number of hydrogen-bond donors (Lipinski definition) is 0. The van der Waals surface area contributed by atoms with Gasteiger partial charge in [0.15, 0.2) is 11.6 Å². The molecule has 0 unspecified atom stereocenters. The maximum absolute atomic E-state index is 13.0. The largest absolute Gasteiger partial charge is 0.226 e. The number of aromatic nitrogens is 2. The first-order valence-corrected chi connectivity index (χ1v) is 6.29. The van der Waals surface area contributed by atoms with Gasteiger partial charge in [-0.2, -0.15) is 0 Å². The van der Waals surface area contributed by atoms with E-state index in [4.69, 9.17) is 0 Å². The number of halogens is 3. The Morgan fingerprint density at radius 3 is 2.53 bits per heavy atom. The Kier molecular flexibility index (Phi) is 3.73. The Morgan fingerprint density at radius 2 is 1.88 bits per heavy atom. The van der Waals surface area contributed by atoms with Crippen LogP contribution in [0, 0.1) is 18.6 Å². The van der Waals surface area contributed by atoms with Gasteiger partial charge < -0.3 is 0 Å². The lowest BCUT2D eigenvalue weighted by atomic mass is 10.3. The fourth-order valence-electron chi connectivity index (χ4n) is 1.22. The van der Waals surface area contributed by atoms with Crippen LogP contribution in [0.3, 0.4) is 0 Å². The average Bonchev–Trinajstić information content (AvgIpc) is 2.22. The number of aryl methyl sites for hydroxylation is 1. The molecule has 0 aliphatic carbocycles. The molecule has 0 aliphatic heterocycles. The summed E-state index contributed by atoms with van der Waals surface area (Å²) in [5.74, 6) is -1.10. The number of benzene rings is 1. The molecule has 0 saturated heterocycles. The highest BCUT2D eigenvalue weighted by Gasteiger charge is 2.06. The lowest BCUT2D eigenvalue weighted by Crippen LogP contribution is -1.90. The van der Waals surface area contributed by atoms with Gasteiger partial charge in [-0.15, -0.1) is 0 Å². The van der Waals surface area contributed by atoms with Crippen LogP contribution in [0.25, 0.3) is 0 Å². The molecule has 0 aliphatic rings. The van der Waals surface area contributed by atoms with Crippen molar-refractivity contribution in [3.05, 3.63) is 46.3 Å². The van der Waals surface area contributed by atoms with E-state index >= 15 is 0 Å². The van der Waals surface area contributed by atoms with E-state index in [0.717, 1.165) is 12.1 Å². The predicted molar refractivity (Wildman–Crippen MR) is 65.0 cm³/mol. The highest BCUT2D eigenvalue weighted by molar-refractivity contribution is 9.10. The first-order valence-electron chi connectivity index (χ1n) is 4.69. The second-order valence-electron chi connectivity index (χ2n) is 3.25. The van der Waals surface area contributed by atoms with Crippen LogP contribution in [-0.2, 0) is 0 Å². The topological polar surface area (TPSA) is 25.8 Å². The number of nitrogens with zero attached hydrogens (tertiary/aromatic N) is 2. The van der Waals surface area contributed by atoms with E-state index in [1.54, 1.807) is 13.0 Å². The zero-order valence-corrected chi connectivity index (χ0v) is 11.1. The monoisotopic (exact) mass is 316 g/mol. The van der Waals surface area contributed by atoms with Gasteiger partial charge in [0.1, 0.15) is 15.5 Å². The van der Waals surface area contributed by atoms with Crippen LogP contribution < -0.4 is 0 Å². The molecule has 88 valence electrons. The molecular formula is C11H7BrF2N2S. The van der Waals surface area contributed by atoms with E-state index in [2.05, 4.69) is 25.9 Å². The molecule has 0 radical (unpaired) electrons. The van der Waals surface area contributed by atoms with Gasteiger partial charge in [0.2, 0.25) is 0 Å². The van der Waals surface area contributed by atoms with Crippen molar-refractivity contribution in [2.75, 3.05) is 0 Å². The molecule has 0 spiro atoms. The lowest BCUT2D eigenvalue weighted by molar-refractivity contribution is 0.506. The summed E-state index contributed by atoms with van der Waals surface area (Å²) >= 11 is 4.50. The Morgan fingerprint density at radius 1 is 1.12 bits per heavy atom. The Balaban J connectivity index is 2.28. The standard InChI is InChI=1S/C11H7BrF2N2S/c1-6-15-10(12)5-11(16-6)17-7-2-3-8(13)9(14)4-7/h2-5H,1H3. The van der Waals surface area contributed by atoms with Crippen molar-refractivity contribution < 1.29 is 8.78 Å². The first-order chi connectivity index (χ1) is 8.04. The Hall–Kier alpha value is -1.01. The van der Waals surface area contributed by atoms with Crippen molar-refractivity contribution in [3.8, 4) is 0 Å².